The summed E-state index contributed by atoms with van der Waals surface area (Å²) in [5, 5.41) is 12.0. The number of hydrogen-bond acceptors (Lipinski definition) is 5. The largest absolute Gasteiger partial charge is 0.505 e. The van der Waals surface area contributed by atoms with E-state index in [-0.39, 0.29) is 29.9 Å². The molecule has 2 saturated heterocycles. The molecule has 0 bridgehead atoms. The van der Waals surface area contributed by atoms with Crippen LogP contribution >= 0.6 is 0 Å². The maximum absolute atomic E-state index is 14.4. The molecule has 2 N–H and O–H groups in total. The van der Waals surface area contributed by atoms with Crippen molar-refractivity contribution in [3.8, 4) is 5.75 Å². The smallest absolute Gasteiger partial charge is 0.252 e. The second kappa shape index (κ2) is 8.18. The molecule has 168 valence electrons. The van der Waals surface area contributed by atoms with Crippen LogP contribution in [-0.4, -0.2) is 65.1 Å². The average Bonchev–Trinajstić information content (AvgIpc) is 3.41. The lowest BCUT2D eigenvalue weighted by molar-refractivity contribution is -0.138. The summed E-state index contributed by atoms with van der Waals surface area (Å²) >= 11 is 0. The first-order valence-corrected chi connectivity index (χ1v) is 10.6. The first-order chi connectivity index (χ1) is 14.7. The average molecular weight is 436 g/mol. The van der Waals surface area contributed by atoms with Gasteiger partial charge >= 0.3 is 0 Å². The van der Waals surface area contributed by atoms with Crippen LogP contribution in [0, 0.1) is 11.2 Å². The van der Waals surface area contributed by atoms with Gasteiger partial charge in [0.1, 0.15) is 31.0 Å². The maximum Gasteiger partial charge on any atom is 0.252 e. The maximum atomic E-state index is 14.4. The zero-order chi connectivity index (χ0) is 22.3. The molecule has 1 saturated carbocycles. The molecule has 2 heterocycles. The number of nitrogens with one attached hydrogen (secondary N) is 1. The highest BCUT2D eigenvalue weighted by molar-refractivity contribution is 5.99. The second-order valence-corrected chi connectivity index (χ2v) is 9.11. The molecule has 1 aromatic rings. The molecule has 4 atom stereocenters. The molecule has 0 radical (unpaired) electrons. The molecule has 31 heavy (non-hydrogen) atoms. The summed E-state index contributed by atoms with van der Waals surface area (Å²) in [6.45, 7) is 1.54. The van der Waals surface area contributed by atoms with E-state index in [1.165, 1.54) is 11.0 Å². The zero-order valence-electron chi connectivity index (χ0n) is 17.3. The van der Waals surface area contributed by atoms with Crippen molar-refractivity contribution >= 4 is 17.6 Å². The van der Waals surface area contributed by atoms with Gasteiger partial charge in [0.2, 0.25) is 5.91 Å². The lowest BCUT2D eigenvalue weighted by Gasteiger charge is -2.32. The van der Waals surface area contributed by atoms with Crippen LogP contribution in [0.15, 0.2) is 18.2 Å². The van der Waals surface area contributed by atoms with Gasteiger partial charge in [-0.15, -0.1) is 0 Å². The highest BCUT2D eigenvalue weighted by atomic mass is 19.1. The van der Waals surface area contributed by atoms with E-state index in [4.69, 9.17) is 4.74 Å². The van der Waals surface area contributed by atoms with E-state index in [1.54, 1.807) is 0 Å². The standard InChI is InChI=1S/C22H26F2N2O5/c1-22(6-2-3-7-22)9-15(25-20(29)12-4-5-16(27)13(23)8-12)21(30)26-10-14(24)19-18(26)17(28)11-31-19/h4-5,8,14-15,18-19,27H,2-3,6-7,9-11H2,1H3,(H,25,29)/t14-,15?,18+,19+/m0/s1. The molecule has 1 aliphatic carbocycles. The number of hydrogen-bond donors (Lipinski definition) is 2. The lowest BCUT2D eigenvalue weighted by Crippen LogP contribution is -2.53. The van der Waals surface area contributed by atoms with Crippen molar-refractivity contribution in [1.82, 2.24) is 10.2 Å². The minimum absolute atomic E-state index is 0.0485. The van der Waals surface area contributed by atoms with Gasteiger partial charge in [0, 0.05) is 5.56 Å². The predicted molar refractivity (Wildman–Crippen MR) is 106 cm³/mol. The zero-order valence-corrected chi connectivity index (χ0v) is 17.3. The van der Waals surface area contributed by atoms with Crippen molar-refractivity contribution in [1.29, 1.82) is 0 Å². The van der Waals surface area contributed by atoms with E-state index in [0.29, 0.717) is 6.42 Å². The number of Topliss-reactive ketones (excluding diaryl/α,β-unsaturated/α-hetero) is 1. The summed E-state index contributed by atoms with van der Waals surface area (Å²) in [7, 11) is 0. The summed E-state index contributed by atoms with van der Waals surface area (Å²) in [5.74, 6) is -3.10. The minimum Gasteiger partial charge on any atom is -0.505 e. The summed E-state index contributed by atoms with van der Waals surface area (Å²) in [5.41, 5.74) is -0.231. The van der Waals surface area contributed by atoms with Crippen LogP contribution in [0.5, 0.6) is 5.75 Å². The van der Waals surface area contributed by atoms with Gasteiger partial charge < -0.3 is 20.1 Å². The third kappa shape index (κ3) is 4.15. The number of ether oxygens (including phenoxy) is 1. The van der Waals surface area contributed by atoms with E-state index < -0.39 is 47.7 Å². The fraction of sp³-hybridized carbons (Fsp3) is 0.591. The fourth-order valence-corrected chi connectivity index (χ4v) is 5.04. The van der Waals surface area contributed by atoms with Gasteiger partial charge in [-0.1, -0.05) is 19.8 Å². The Morgan fingerprint density at radius 2 is 2.06 bits per heavy atom. The van der Waals surface area contributed by atoms with E-state index in [9.17, 15) is 28.3 Å². The van der Waals surface area contributed by atoms with Crippen molar-refractivity contribution in [3.05, 3.63) is 29.6 Å². The Morgan fingerprint density at radius 1 is 1.35 bits per heavy atom. The van der Waals surface area contributed by atoms with Crippen molar-refractivity contribution in [3.63, 3.8) is 0 Å². The molecular weight excluding hydrogens is 410 g/mol. The highest BCUT2D eigenvalue weighted by Crippen LogP contribution is 2.42. The number of carbonyl (C=O) groups excluding carboxylic acids is 3. The summed E-state index contributed by atoms with van der Waals surface area (Å²) in [6.07, 6.45) is 1.70. The van der Waals surface area contributed by atoms with Crippen molar-refractivity contribution in [2.45, 2.75) is 63.4 Å². The third-order valence-corrected chi connectivity index (χ3v) is 6.73. The Balaban J connectivity index is 1.58. The van der Waals surface area contributed by atoms with E-state index in [2.05, 4.69) is 5.32 Å². The van der Waals surface area contributed by atoms with Crippen molar-refractivity contribution in [2.75, 3.05) is 13.2 Å². The molecule has 1 aromatic carbocycles. The Morgan fingerprint density at radius 3 is 2.74 bits per heavy atom. The molecule has 0 aromatic heterocycles. The number of amides is 2. The molecule has 1 unspecified atom stereocenters. The summed E-state index contributed by atoms with van der Waals surface area (Å²) in [6, 6.07) is 1.23. The van der Waals surface area contributed by atoms with Gasteiger partial charge in [-0.25, -0.2) is 8.78 Å². The van der Waals surface area contributed by atoms with Crippen molar-refractivity contribution < 1.29 is 33.0 Å². The fourth-order valence-electron chi connectivity index (χ4n) is 5.04. The topological polar surface area (TPSA) is 95.9 Å². The molecule has 2 amide bonds. The van der Waals surface area contributed by atoms with Gasteiger partial charge in [-0.2, -0.15) is 0 Å². The van der Waals surface area contributed by atoms with Crippen LogP contribution in [0.2, 0.25) is 0 Å². The number of phenolic OH excluding ortho intramolecular Hbond substituents is 1. The predicted octanol–water partition coefficient (Wildman–Crippen LogP) is 2.12. The van der Waals surface area contributed by atoms with Gasteiger partial charge in [-0.3, -0.25) is 14.4 Å². The number of alkyl halides is 1. The number of likely N-dealkylation sites (tertiary alicyclic amines) is 1. The molecular formula is C22H26F2N2O5. The Kier molecular flexibility index (Phi) is 5.72. The number of benzene rings is 1. The first kappa shape index (κ1) is 21.7. The SMILES string of the molecule is CC1(CC(NC(=O)c2ccc(O)c(F)c2)C(=O)N2C[C@H](F)[C@H]3OCC(=O)[C@H]32)CCCC1. The summed E-state index contributed by atoms with van der Waals surface area (Å²) in [4.78, 5) is 39.6. The monoisotopic (exact) mass is 436 g/mol. The van der Waals surface area contributed by atoms with Crippen LogP contribution in [0.25, 0.3) is 0 Å². The number of halogens is 2. The van der Waals surface area contributed by atoms with E-state index >= 15 is 0 Å². The molecule has 4 rings (SSSR count). The lowest BCUT2D eigenvalue weighted by atomic mass is 9.81. The normalized spacial score (nSPS) is 27.9. The Bertz CT molecular complexity index is 902. The van der Waals surface area contributed by atoms with Gasteiger partial charge in [-0.05, 0) is 42.9 Å². The number of ketones is 1. The van der Waals surface area contributed by atoms with Crippen LogP contribution in [0.3, 0.4) is 0 Å². The molecule has 7 nitrogen and oxygen atoms in total. The van der Waals surface area contributed by atoms with Gasteiger partial charge in [0.05, 0.1) is 6.54 Å². The number of aromatic hydroxyl groups is 1. The van der Waals surface area contributed by atoms with Crippen LogP contribution in [-0.2, 0) is 14.3 Å². The van der Waals surface area contributed by atoms with Crippen LogP contribution in [0.1, 0.15) is 49.4 Å². The molecule has 9 heteroatoms. The minimum atomic E-state index is -1.47. The number of carbonyl (C=O) groups is 3. The number of fused-ring (bicyclic) bond motifs is 1. The highest BCUT2D eigenvalue weighted by Gasteiger charge is 2.54. The van der Waals surface area contributed by atoms with E-state index in [1.807, 2.05) is 6.92 Å². The third-order valence-electron chi connectivity index (χ3n) is 6.73. The first-order valence-electron chi connectivity index (χ1n) is 10.6. The van der Waals surface area contributed by atoms with Gasteiger partial charge in [0.25, 0.3) is 5.91 Å². The van der Waals surface area contributed by atoms with Crippen LogP contribution < -0.4 is 5.32 Å². The summed E-state index contributed by atoms with van der Waals surface area (Å²) < 4.78 is 33.3. The Labute approximate surface area is 178 Å². The molecule has 3 fully saturated rings. The van der Waals surface area contributed by atoms with Crippen molar-refractivity contribution in [2.24, 2.45) is 5.41 Å². The molecule has 2 aliphatic heterocycles. The molecule has 0 spiro atoms. The van der Waals surface area contributed by atoms with E-state index in [0.717, 1.165) is 37.8 Å². The molecule has 3 aliphatic rings. The quantitative estimate of drug-likeness (QED) is 0.737. The Hall–Kier alpha value is -2.55. The number of nitrogens with zero attached hydrogens (tertiary/aromatic N) is 1. The number of rotatable bonds is 5. The van der Waals surface area contributed by atoms with Crippen LogP contribution in [0.4, 0.5) is 8.78 Å². The second-order valence-electron chi connectivity index (χ2n) is 9.11. The number of phenols is 1. The van der Waals surface area contributed by atoms with Gasteiger partial charge in [0.15, 0.2) is 17.3 Å².